The van der Waals surface area contributed by atoms with Crippen molar-refractivity contribution in [2.45, 2.75) is 13.5 Å². The van der Waals surface area contributed by atoms with Crippen molar-refractivity contribution in [2.75, 3.05) is 6.61 Å². The first-order valence-corrected chi connectivity index (χ1v) is 7.31. The first-order valence-electron chi connectivity index (χ1n) is 6.55. The molecule has 3 nitrogen and oxygen atoms in total. The molecule has 0 radical (unpaired) electrons. The van der Waals surface area contributed by atoms with Crippen molar-refractivity contribution < 1.29 is 9.53 Å². The number of hydrogen-bond acceptors (Lipinski definition) is 2. The lowest BCUT2D eigenvalue weighted by Gasteiger charge is -2.09. The van der Waals surface area contributed by atoms with Crippen LogP contribution in [0.3, 0.4) is 0 Å². The maximum Gasteiger partial charge on any atom is 0.251 e. The second-order valence-electron chi connectivity index (χ2n) is 4.35. The molecule has 0 fully saturated rings. The fourth-order valence-corrected chi connectivity index (χ4v) is 2.27. The summed E-state index contributed by atoms with van der Waals surface area (Å²) in [5.74, 6) is 0.363. The van der Waals surface area contributed by atoms with E-state index in [0.29, 0.717) is 34.5 Å². The monoisotopic (exact) mass is 323 g/mol. The minimum Gasteiger partial charge on any atom is -0.492 e. The second kappa shape index (κ2) is 7.34. The Morgan fingerprint density at radius 3 is 2.57 bits per heavy atom. The molecule has 0 unspecified atom stereocenters. The number of hydrogen-bond donors (Lipinski definition) is 1. The van der Waals surface area contributed by atoms with Crippen LogP contribution in [-0.4, -0.2) is 12.5 Å². The SMILES string of the molecule is CCOc1ccc(C(=O)NCc2ccccc2Cl)cc1Cl. The zero-order valence-corrected chi connectivity index (χ0v) is 13.0. The number of halogens is 2. The van der Waals surface area contributed by atoms with E-state index in [-0.39, 0.29) is 5.91 Å². The third-order valence-corrected chi connectivity index (χ3v) is 3.56. The number of nitrogens with one attached hydrogen (secondary N) is 1. The molecule has 0 aromatic heterocycles. The van der Waals surface area contributed by atoms with Crippen molar-refractivity contribution in [3.8, 4) is 5.75 Å². The number of rotatable bonds is 5. The zero-order valence-electron chi connectivity index (χ0n) is 11.5. The maximum atomic E-state index is 12.1. The van der Waals surface area contributed by atoms with Gasteiger partial charge in [-0.2, -0.15) is 0 Å². The number of benzene rings is 2. The quantitative estimate of drug-likeness (QED) is 0.889. The molecule has 0 aliphatic carbocycles. The Labute approximate surface area is 133 Å². The van der Waals surface area contributed by atoms with Gasteiger partial charge in [-0.05, 0) is 36.8 Å². The van der Waals surface area contributed by atoms with Gasteiger partial charge in [0.15, 0.2) is 0 Å². The number of ether oxygens (including phenoxy) is 1. The van der Waals surface area contributed by atoms with Gasteiger partial charge in [0.25, 0.3) is 5.91 Å². The lowest BCUT2D eigenvalue weighted by Crippen LogP contribution is -2.22. The maximum absolute atomic E-state index is 12.1. The van der Waals surface area contributed by atoms with Gasteiger partial charge in [-0.1, -0.05) is 41.4 Å². The van der Waals surface area contributed by atoms with Crippen molar-refractivity contribution >= 4 is 29.1 Å². The molecule has 0 heterocycles. The van der Waals surface area contributed by atoms with Gasteiger partial charge < -0.3 is 10.1 Å². The highest BCUT2D eigenvalue weighted by atomic mass is 35.5. The third-order valence-electron chi connectivity index (χ3n) is 2.89. The fraction of sp³-hybridized carbons (Fsp3) is 0.188. The van der Waals surface area contributed by atoms with E-state index in [4.69, 9.17) is 27.9 Å². The standard InChI is InChI=1S/C16H15Cl2NO2/c1-2-21-15-8-7-11(9-14(15)18)16(20)19-10-12-5-3-4-6-13(12)17/h3-9H,2,10H2,1H3,(H,19,20). The van der Waals surface area contributed by atoms with E-state index in [1.807, 2.05) is 25.1 Å². The number of amides is 1. The van der Waals surface area contributed by atoms with Crippen LogP contribution >= 0.6 is 23.2 Å². The van der Waals surface area contributed by atoms with Crippen molar-refractivity contribution in [1.82, 2.24) is 5.32 Å². The van der Waals surface area contributed by atoms with Crippen LogP contribution in [-0.2, 0) is 6.54 Å². The van der Waals surface area contributed by atoms with Crippen LogP contribution in [0.5, 0.6) is 5.75 Å². The summed E-state index contributed by atoms with van der Waals surface area (Å²) in [5, 5.41) is 3.86. The van der Waals surface area contributed by atoms with E-state index in [1.165, 1.54) is 0 Å². The summed E-state index contributed by atoms with van der Waals surface area (Å²) in [6, 6.07) is 12.3. The van der Waals surface area contributed by atoms with Gasteiger partial charge in [0, 0.05) is 17.1 Å². The van der Waals surface area contributed by atoms with Crippen molar-refractivity contribution in [3.63, 3.8) is 0 Å². The molecule has 0 bridgehead atoms. The molecule has 0 saturated carbocycles. The molecule has 2 aromatic carbocycles. The molecule has 2 rings (SSSR count). The van der Waals surface area contributed by atoms with Gasteiger partial charge in [0.05, 0.1) is 11.6 Å². The summed E-state index contributed by atoms with van der Waals surface area (Å²) < 4.78 is 5.34. The first-order chi connectivity index (χ1) is 10.1. The van der Waals surface area contributed by atoms with Gasteiger partial charge >= 0.3 is 0 Å². The normalized spacial score (nSPS) is 10.2. The van der Waals surface area contributed by atoms with E-state index in [0.717, 1.165) is 5.56 Å². The summed E-state index contributed by atoms with van der Waals surface area (Å²) in [7, 11) is 0. The van der Waals surface area contributed by atoms with Crippen LogP contribution in [0.25, 0.3) is 0 Å². The Bertz CT molecular complexity index is 644. The van der Waals surface area contributed by atoms with Crippen LogP contribution in [0.2, 0.25) is 10.0 Å². The Kier molecular flexibility index (Phi) is 5.48. The molecule has 2 aromatic rings. The van der Waals surface area contributed by atoms with Gasteiger partial charge in [-0.25, -0.2) is 0 Å². The van der Waals surface area contributed by atoms with Crippen molar-refractivity contribution in [2.24, 2.45) is 0 Å². The van der Waals surface area contributed by atoms with Crippen LogP contribution in [0.15, 0.2) is 42.5 Å². The highest BCUT2D eigenvalue weighted by molar-refractivity contribution is 6.32. The Hall–Kier alpha value is -1.71. The summed E-state index contributed by atoms with van der Waals surface area (Å²) in [6.07, 6.45) is 0. The average Bonchev–Trinajstić information content (AvgIpc) is 2.48. The van der Waals surface area contributed by atoms with E-state index in [9.17, 15) is 4.79 Å². The first kappa shape index (κ1) is 15.7. The zero-order chi connectivity index (χ0) is 15.2. The highest BCUT2D eigenvalue weighted by Crippen LogP contribution is 2.25. The predicted molar refractivity (Wildman–Crippen MR) is 85.2 cm³/mol. The minimum absolute atomic E-state index is 0.208. The van der Waals surface area contributed by atoms with Crippen LogP contribution in [0.1, 0.15) is 22.8 Å². The number of carbonyl (C=O) groups excluding carboxylic acids is 1. The molecule has 0 atom stereocenters. The molecular formula is C16H15Cl2NO2. The molecule has 0 saturated heterocycles. The van der Waals surface area contributed by atoms with Crippen molar-refractivity contribution in [3.05, 3.63) is 63.6 Å². The van der Waals surface area contributed by atoms with Gasteiger partial charge in [0.2, 0.25) is 0 Å². The molecule has 1 amide bonds. The van der Waals surface area contributed by atoms with Gasteiger partial charge in [-0.15, -0.1) is 0 Å². The van der Waals surface area contributed by atoms with E-state index in [2.05, 4.69) is 5.32 Å². The highest BCUT2D eigenvalue weighted by Gasteiger charge is 2.09. The van der Waals surface area contributed by atoms with Crippen LogP contribution in [0.4, 0.5) is 0 Å². The summed E-state index contributed by atoms with van der Waals surface area (Å²) in [6.45, 7) is 2.77. The second-order valence-corrected chi connectivity index (χ2v) is 5.17. The smallest absolute Gasteiger partial charge is 0.251 e. The molecule has 5 heteroatoms. The molecule has 110 valence electrons. The van der Waals surface area contributed by atoms with Crippen molar-refractivity contribution in [1.29, 1.82) is 0 Å². The van der Waals surface area contributed by atoms with Crippen LogP contribution < -0.4 is 10.1 Å². The molecular weight excluding hydrogens is 309 g/mol. The van der Waals surface area contributed by atoms with Crippen LogP contribution in [0, 0.1) is 0 Å². The lowest BCUT2D eigenvalue weighted by atomic mass is 10.2. The predicted octanol–water partition coefficient (Wildman–Crippen LogP) is 4.32. The lowest BCUT2D eigenvalue weighted by molar-refractivity contribution is 0.0951. The molecule has 0 spiro atoms. The third kappa shape index (κ3) is 4.13. The topological polar surface area (TPSA) is 38.3 Å². The molecule has 0 aliphatic rings. The molecule has 1 N–H and O–H groups in total. The summed E-state index contributed by atoms with van der Waals surface area (Å²) in [5.41, 5.74) is 1.35. The minimum atomic E-state index is -0.208. The summed E-state index contributed by atoms with van der Waals surface area (Å²) in [4.78, 5) is 12.1. The molecule has 0 aliphatic heterocycles. The average molecular weight is 324 g/mol. The molecule has 21 heavy (non-hydrogen) atoms. The Balaban J connectivity index is 2.04. The van der Waals surface area contributed by atoms with Gasteiger partial charge in [0.1, 0.15) is 5.75 Å². The Morgan fingerprint density at radius 2 is 1.90 bits per heavy atom. The number of carbonyl (C=O) groups is 1. The van der Waals surface area contributed by atoms with E-state index in [1.54, 1.807) is 24.3 Å². The Morgan fingerprint density at radius 1 is 1.14 bits per heavy atom. The fourth-order valence-electron chi connectivity index (χ4n) is 1.83. The largest absolute Gasteiger partial charge is 0.492 e. The van der Waals surface area contributed by atoms with E-state index >= 15 is 0 Å². The van der Waals surface area contributed by atoms with E-state index < -0.39 is 0 Å². The summed E-state index contributed by atoms with van der Waals surface area (Å²) >= 11 is 12.1. The van der Waals surface area contributed by atoms with Gasteiger partial charge in [-0.3, -0.25) is 4.79 Å².